The van der Waals surface area contributed by atoms with Crippen molar-refractivity contribution >= 4 is 29.1 Å². The van der Waals surface area contributed by atoms with E-state index >= 15 is 0 Å². The Bertz CT molecular complexity index is 703. The highest BCUT2D eigenvalue weighted by Crippen LogP contribution is 2.30. The third-order valence-corrected chi connectivity index (χ3v) is 5.16. The van der Waals surface area contributed by atoms with Gasteiger partial charge >= 0.3 is 0 Å². The van der Waals surface area contributed by atoms with E-state index in [0.717, 1.165) is 24.0 Å². The number of nitrogens with one attached hydrogen (secondary N) is 2. The SMILES string of the molecule is O=C(NC1CCCCCCC1)c1cc(-c2ccc(Cl)cc2Cl)c[nH]1. The van der Waals surface area contributed by atoms with Gasteiger partial charge < -0.3 is 10.3 Å². The summed E-state index contributed by atoms with van der Waals surface area (Å²) in [7, 11) is 0. The fraction of sp³-hybridized carbons (Fsp3) is 0.421. The van der Waals surface area contributed by atoms with Crippen LogP contribution in [0.5, 0.6) is 0 Å². The zero-order chi connectivity index (χ0) is 16.9. The lowest BCUT2D eigenvalue weighted by molar-refractivity contribution is 0.0926. The molecule has 1 amide bonds. The van der Waals surface area contributed by atoms with Crippen molar-refractivity contribution < 1.29 is 4.79 Å². The predicted molar refractivity (Wildman–Crippen MR) is 99.8 cm³/mol. The molecule has 1 aromatic heterocycles. The molecular formula is C19H22Cl2N2O. The van der Waals surface area contributed by atoms with Crippen molar-refractivity contribution in [1.29, 1.82) is 0 Å². The molecule has 3 nitrogen and oxygen atoms in total. The minimum atomic E-state index is -0.0445. The van der Waals surface area contributed by atoms with E-state index in [4.69, 9.17) is 23.2 Å². The largest absolute Gasteiger partial charge is 0.357 e. The number of aromatic nitrogens is 1. The van der Waals surface area contributed by atoms with E-state index in [9.17, 15) is 4.79 Å². The molecule has 0 aliphatic heterocycles. The summed E-state index contributed by atoms with van der Waals surface area (Å²) in [4.78, 5) is 15.6. The van der Waals surface area contributed by atoms with Gasteiger partial charge in [-0.15, -0.1) is 0 Å². The number of amides is 1. The van der Waals surface area contributed by atoms with Gasteiger partial charge in [0.2, 0.25) is 0 Å². The molecule has 0 saturated heterocycles. The van der Waals surface area contributed by atoms with E-state index in [1.54, 1.807) is 12.1 Å². The zero-order valence-corrected chi connectivity index (χ0v) is 15.1. The number of hydrogen-bond acceptors (Lipinski definition) is 1. The van der Waals surface area contributed by atoms with Crippen LogP contribution in [0.3, 0.4) is 0 Å². The van der Waals surface area contributed by atoms with Gasteiger partial charge in [-0.05, 0) is 31.0 Å². The molecule has 1 saturated carbocycles. The molecule has 2 N–H and O–H groups in total. The third-order valence-electron chi connectivity index (χ3n) is 4.61. The van der Waals surface area contributed by atoms with E-state index < -0.39 is 0 Å². The molecule has 2 aromatic rings. The van der Waals surface area contributed by atoms with Crippen LogP contribution in [-0.2, 0) is 0 Å². The lowest BCUT2D eigenvalue weighted by atomic mass is 9.96. The Hall–Kier alpha value is -1.45. The molecular weight excluding hydrogens is 343 g/mol. The van der Waals surface area contributed by atoms with Crippen LogP contribution in [0.2, 0.25) is 10.0 Å². The monoisotopic (exact) mass is 364 g/mol. The topological polar surface area (TPSA) is 44.9 Å². The highest BCUT2D eigenvalue weighted by Gasteiger charge is 2.17. The first-order valence-electron chi connectivity index (χ1n) is 8.58. The van der Waals surface area contributed by atoms with E-state index in [0.29, 0.717) is 15.7 Å². The molecule has 1 aliphatic carbocycles. The number of carbonyl (C=O) groups excluding carboxylic acids is 1. The van der Waals surface area contributed by atoms with Crippen LogP contribution >= 0.6 is 23.2 Å². The van der Waals surface area contributed by atoms with Crippen LogP contribution in [-0.4, -0.2) is 16.9 Å². The van der Waals surface area contributed by atoms with Crippen LogP contribution in [0.25, 0.3) is 11.1 Å². The second-order valence-corrected chi connectivity index (χ2v) is 7.29. The Morgan fingerprint density at radius 2 is 1.75 bits per heavy atom. The van der Waals surface area contributed by atoms with Gasteiger partial charge in [0.1, 0.15) is 5.69 Å². The minimum absolute atomic E-state index is 0.0445. The maximum absolute atomic E-state index is 12.5. The average Bonchev–Trinajstić information content (AvgIpc) is 2.99. The highest BCUT2D eigenvalue weighted by molar-refractivity contribution is 6.36. The van der Waals surface area contributed by atoms with Crippen LogP contribution < -0.4 is 5.32 Å². The molecule has 128 valence electrons. The van der Waals surface area contributed by atoms with E-state index in [-0.39, 0.29) is 11.9 Å². The number of halogens is 2. The van der Waals surface area contributed by atoms with Gasteiger partial charge in [0, 0.05) is 33.4 Å². The Kier molecular flexibility index (Phi) is 5.85. The lowest BCUT2D eigenvalue weighted by Crippen LogP contribution is -2.35. The van der Waals surface area contributed by atoms with Crippen molar-refractivity contribution in [3.05, 3.63) is 46.2 Å². The first-order chi connectivity index (χ1) is 11.6. The second-order valence-electron chi connectivity index (χ2n) is 6.44. The molecule has 5 heteroatoms. The highest BCUT2D eigenvalue weighted by atomic mass is 35.5. The Morgan fingerprint density at radius 1 is 1.04 bits per heavy atom. The molecule has 24 heavy (non-hydrogen) atoms. The lowest BCUT2D eigenvalue weighted by Gasteiger charge is -2.20. The number of carbonyl (C=O) groups is 1. The minimum Gasteiger partial charge on any atom is -0.357 e. The summed E-state index contributed by atoms with van der Waals surface area (Å²) >= 11 is 12.2. The van der Waals surface area contributed by atoms with Crippen molar-refractivity contribution in [3.63, 3.8) is 0 Å². The van der Waals surface area contributed by atoms with Crippen LogP contribution in [0.1, 0.15) is 55.4 Å². The van der Waals surface area contributed by atoms with Crippen molar-refractivity contribution in [3.8, 4) is 11.1 Å². The summed E-state index contributed by atoms with van der Waals surface area (Å²) in [5, 5.41) is 4.34. The van der Waals surface area contributed by atoms with Crippen molar-refractivity contribution in [2.45, 2.75) is 51.0 Å². The normalized spacial score (nSPS) is 16.4. The molecule has 0 radical (unpaired) electrons. The first kappa shape index (κ1) is 17.4. The van der Waals surface area contributed by atoms with Crippen molar-refractivity contribution in [2.75, 3.05) is 0 Å². The van der Waals surface area contributed by atoms with Crippen LogP contribution in [0.15, 0.2) is 30.5 Å². The summed E-state index contributed by atoms with van der Waals surface area (Å²) in [5.74, 6) is -0.0445. The molecule has 1 heterocycles. The molecule has 1 fully saturated rings. The van der Waals surface area contributed by atoms with Gasteiger partial charge in [0.15, 0.2) is 0 Å². The molecule has 0 unspecified atom stereocenters. The third kappa shape index (κ3) is 4.34. The van der Waals surface area contributed by atoms with E-state index in [1.165, 1.54) is 32.1 Å². The summed E-state index contributed by atoms with van der Waals surface area (Å²) in [6.07, 6.45) is 10.2. The van der Waals surface area contributed by atoms with Crippen LogP contribution in [0.4, 0.5) is 0 Å². The maximum atomic E-state index is 12.5. The smallest absolute Gasteiger partial charge is 0.267 e. The molecule has 0 spiro atoms. The average molecular weight is 365 g/mol. The van der Waals surface area contributed by atoms with Gasteiger partial charge in [-0.25, -0.2) is 0 Å². The summed E-state index contributed by atoms with van der Waals surface area (Å²) in [6.45, 7) is 0. The Balaban J connectivity index is 1.69. The predicted octanol–water partition coefficient (Wildman–Crippen LogP) is 5.83. The first-order valence-corrected chi connectivity index (χ1v) is 9.34. The summed E-state index contributed by atoms with van der Waals surface area (Å²) in [6, 6.07) is 7.49. The van der Waals surface area contributed by atoms with Gasteiger partial charge in [0.25, 0.3) is 5.91 Å². The van der Waals surface area contributed by atoms with Gasteiger partial charge in [-0.1, -0.05) is 61.4 Å². The quantitative estimate of drug-likeness (QED) is 0.706. The molecule has 0 atom stereocenters. The zero-order valence-electron chi connectivity index (χ0n) is 13.6. The fourth-order valence-corrected chi connectivity index (χ4v) is 3.79. The summed E-state index contributed by atoms with van der Waals surface area (Å²) in [5.41, 5.74) is 2.32. The van der Waals surface area contributed by atoms with Gasteiger partial charge in [-0.3, -0.25) is 4.79 Å². The molecule has 3 rings (SSSR count). The van der Waals surface area contributed by atoms with Gasteiger partial charge in [0.05, 0.1) is 0 Å². The second kappa shape index (κ2) is 8.09. The van der Waals surface area contributed by atoms with Crippen LogP contribution in [0, 0.1) is 0 Å². The molecule has 1 aromatic carbocycles. The van der Waals surface area contributed by atoms with E-state index in [1.807, 2.05) is 18.3 Å². The number of H-pyrrole nitrogens is 1. The van der Waals surface area contributed by atoms with Gasteiger partial charge in [-0.2, -0.15) is 0 Å². The Morgan fingerprint density at radius 3 is 2.46 bits per heavy atom. The standard InChI is InChI=1S/C19H22Cl2N2O/c20-14-8-9-16(17(21)11-14)13-10-18(22-12-13)19(24)23-15-6-4-2-1-3-5-7-15/h8-12,15,22H,1-7H2,(H,23,24). The van der Waals surface area contributed by atoms with Crippen molar-refractivity contribution in [2.24, 2.45) is 0 Å². The van der Waals surface area contributed by atoms with Crippen molar-refractivity contribution in [1.82, 2.24) is 10.3 Å². The summed E-state index contributed by atoms with van der Waals surface area (Å²) < 4.78 is 0. The van der Waals surface area contributed by atoms with E-state index in [2.05, 4.69) is 10.3 Å². The number of hydrogen-bond donors (Lipinski definition) is 2. The fourth-order valence-electron chi connectivity index (χ4n) is 3.27. The molecule has 0 bridgehead atoms. The Labute approximate surface area is 152 Å². The number of rotatable bonds is 3. The maximum Gasteiger partial charge on any atom is 0.267 e. The number of benzene rings is 1. The number of aromatic amines is 1. The molecule has 1 aliphatic rings.